The van der Waals surface area contributed by atoms with Gasteiger partial charge in [0.05, 0.1) is 11.3 Å². The lowest BCUT2D eigenvalue weighted by Gasteiger charge is -2.22. The van der Waals surface area contributed by atoms with Crippen molar-refractivity contribution in [2.45, 2.75) is 33.1 Å². The van der Waals surface area contributed by atoms with E-state index in [1.165, 1.54) is 0 Å². The summed E-state index contributed by atoms with van der Waals surface area (Å²) in [5, 5.41) is 9.10. The molecule has 0 atom stereocenters. The molecule has 6 heteroatoms. The normalized spacial score (nSPS) is 14.8. The highest BCUT2D eigenvalue weighted by Gasteiger charge is 2.18. The van der Waals surface area contributed by atoms with Crippen molar-refractivity contribution in [3.05, 3.63) is 29.8 Å². The SMILES string of the molecule is CC(C)CNC(=O)c1ccccc1NC(=O)CC1CCNCC1.Cl. The number of para-hydroxylation sites is 1. The van der Waals surface area contributed by atoms with E-state index in [2.05, 4.69) is 16.0 Å². The summed E-state index contributed by atoms with van der Waals surface area (Å²) in [6, 6.07) is 7.17. The third-order valence-electron chi connectivity index (χ3n) is 4.05. The van der Waals surface area contributed by atoms with Gasteiger partial charge in [0.15, 0.2) is 0 Å². The van der Waals surface area contributed by atoms with Crippen LogP contribution in [-0.4, -0.2) is 31.4 Å². The van der Waals surface area contributed by atoms with E-state index in [9.17, 15) is 9.59 Å². The second-order valence-electron chi connectivity index (χ2n) is 6.60. The van der Waals surface area contributed by atoms with Crippen LogP contribution in [0.1, 0.15) is 43.5 Å². The zero-order chi connectivity index (χ0) is 16.7. The van der Waals surface area contributed by atoms with Gasteiger partial charge in [0.2, 0.25) is 5.91 Å². The summed E-state index contributed by atoms with van der Waals surface area (Å²) in [5.74, 6) is 0.663. The molecule has 1 saturated heterocycles. The number of benzene rings is 1. The molecule has 1 fully saturated rings. The number of anilines is 1. The van der Waals surface area contributed by atoms with E-state index in [1.54, 1.807) is 12.1 Å². The van der Waals surface area contributed by atoms with Crippen molar-refractivity contribution in [1.29, 1.82) is 0 Å². The molecule has 1 aromatic carbocycles. The Morgan fingerprint density at radius 2 is 1.88 bits per heavy atom. The van der Waals surface area contributed by atoms with Crippen molar-refractivity contribution in [3.63, 3.8) is 0 Å². The van der Waals surface area contributed by atoms with Gasteiger partial charge in [-0.2, -0.15) is 0 Å². The van der Waals surface area contributed by atoms with Crippen molar-refractivity contribution in [2.75, 3.05) is 25.0 Å². The quantitative estimate of drug-likeness (QED) is 0.736. The van der Waals surface area contributed by atoms with Crippen LogP contribution in [0.25, 0.3) is 0 Å². The Bertz CT molecular complexity index is 543. The smallest absolute Gasteiger partial charge is 0.253 e. The van der Waals surface area contributed by atoms with Crippen LogP contribution in [0.4, 0.5) is 5.69 Å². The second-order valence-corrected chi connectivity index (χ2v) is 6.60. The molecule has 3 N–H and O–H groups in total. The van der Waals surface area contributed by atoms with Gasteiger partial charge < -0.3 is 16.0 Å². The average Bonchev–Trinajstić information content (AvgIpc) is 2.54. The van der Waals surface area contributed by atoms with Crippen LogP contribution in [0.2, 0.25) is 0 Å². The van der Waals surface area contributed by atoms with Crippen molar-refractivity contribution in [1.82, 2.24) is 10.6 Å². The highest BCUT2D eigenvalue weighted by atomic mass is 35.5. The van der Waals surface area contributed by atoms with E-state index >= 15 is 0 Å². The number of rotatable bonds is 6. The molecular weight excluding hydrogens is 326 g/mol. The molecule has 1 heterocycles. The fourth-order valence-corrected chi connectivity index (χ4v) is 2.73. The lowest BCUT2D eigenvalue weighted by atomic mass is 9.94. The number of amides is 2. The van der Waals surface area contributed by atoms with Crippen LogP contribution in [0, 0.1) is 11.8 Å². The lowest BCUT2D eigenvalue weighted by molar-refractivity contribution is -0.117. The van der Waals surface area contributed by atoms with Gasteiger partial charge in [-0.15, -0.1) is 12.4 Å². The van der Waals surface area contributed by atoms with Crippen molar-refractivity contribution in [3.8, 4) is 0 Å². The minimum Gasteiger partial charge on any atom is -0.352 e. The van der Waals surface area contributed by atoms with Crippen molar-refractivity contribution < 1.29 is 9.59 Å². The van der Waals surface area contributed by atoms with Gasteiger partial charge >= 0.3 is 0 Å². The van der Waals surface area contributed by atoms with Crippen LogP contribution >= 0.6 is 12.4 Å². The fourth-order valence-electron chi connectivity index (χ4n) is 2.73. The summed E-state index contributed by atoms with van der Waals surface area (Å²) in [6.07, 6.45) is 2.58. The minimum absolute atomic E-state index is 0. The topological polar surface area (TPSA) is 70.2 Å². The van der Waals surface area contributed by atoms with Crippen LogP contribution in [0.5, 0.6) is 0 Å². The minimum atomic E-state index is -0.142. The van der Waals surface area contributed by atoms with Crippen LogP contribution in [0.15, 0.2) is 24.3 Å². The van der Waals surface area contributed by atoms with E-state index in [1.807, 2.05) is 26.0 Å². The molecule has 0 aromatic heterocycles. The molecule has 0 radical (unpaired) electrons. The standard InChI is InChI=1S/C18H27N3O2.ClH/c1-13(2)12-20-18(23)15-5-3-4-6-16(15)21-17(22)11-14-7-9-19-10-8-14;/h3-6,13-14,19H,7-12H2,1-2H3,(H,20,23)(H,21,22);1H. The maximum Gasteiger partial charge on any atom is 0.253 e. The molecule has 2 amide bonds. The molecule has 134 valence electrons. The zero-order valence-corrected chi connectivity index (χ0v) is 15.2. The maximum absolute atomic E-state index is 12.3. The molecule has 2 rings (SSSR count). The highest BCUT2D eigenvalue weighted by molar-refractivity contribution is 6.03. The first-order chi connectivity index (χ1) is 11.1. The summed E-state index contributed by atoms with van der Waals surface area (Å²) in [7, 11) is 0. The number of piperidine rings is 1. The van der Waals surface area contributed by atoms with Crippen LogP contribution < -0.4 is 16.0 Å². The molecule has 1 aliphatic heterocycles. The second kappa shape index (κ2) is 10.3. The van der Waals surface area contributed by atoms with E-state index in [4.69, 9.17) is 0 Å². The van der Waals surface area contributed by atoms with Gasteiger partial charge in [-0.1, -0.05) is 26.0 Å². The summed E-state index contributed by atoms with van der Waals surface area (Å²) in [5.41, 5.74) is 1.11. The Labute approximate surface area is 150 Å². The van der Waals surface area contributed by atoms with E-state index in [0.717, 1.165) is 25.9 Å². The third-order valence-corrected chi connectivity index (χ3v) is 4.05. The summed E-state index contributed by atoms with van der Waals surface area (Å²) in [4.78, 5) is 24.5. The molecule has 0 spiro atoms. The average molecular weight is 354 g/mol. The van der Waals surface area contributed by atoms with Crippen LogP contribution in [-0.2, 0) is 4.79 Å². The monoisotopic (exact) mass is 353 g/mol. The Morgan fingerprint density at radius 3 is 2.54 bits per heavy atom. The first-order valence-electron chi connectivity index (χ1n) is 8.44. The van der Waals surface area contributed by atoms with Crippen molar-refractivity contribution in [2.24, 2.45) is 11.8 Å². The van der Waals surface area contributed by atoms with Gasteiger partial charge in [-0.05, 0) is 49.9 Å². The molecule has 0 bridgehead atoms. The number of carbonyl (C=O) groups excluding carboxylic acids is 2. The molecule has 0 aliphatic carbocycles. The Balaban J connectivity index is 0.00000288. The van der Waals surface area contributed by atoms with Gasteiger partial charge in [-0.3, -0.25) is 9.59 Å². The lowest BCUT2D eigenvalue weighted by Crippen LogP contribution is -2.31. The van der Waals surface area contributed by atoms with E-state index in [-0.39, 0.29) is 24.2 Å². The van der Waals surface area contributed by atoms with Gasteiger partial charge in [0.1, 0.15) is 0 Å². The van der Waals surface area contributed by atoms with Crippen LogP contribution in [0.3, 0.4) is 0 Å². The predicted octanol–water partition coefficient (Wildman–Crippen LogP) is 2.82. The predicted molar refractivity (Wildman–Crippen MR) is 99.7 cm³/mol. The zero-order valence-electron chi connectivity index (χ0n) is 14.4. The van der Waals surface area contributed by atoms with Gasteiger partial charge in [0, 0.05) is 13.0 Å². The van der Waals surface area contributed by atoms with E-state index in [0.29, 0.717) is 36.1 Å². The molecule has 5 nitrogen and oxygen atoms in total. The summed E-state index contributed by atoms with van der Waals surface area (Å²) >= 11 is 0. The third kappa shape index (κ3) is 6.49. The number of hydrogen-bond acceptors (Lipinski definition) is 3. The Hall–Kier alpha value is -1.59. The number of hydrogen-bond donors (Lipinski definition) is 3. The fraction of sp³-hybridized carbons (Fsp3) is 0.556. The first-order valence-corrected chi connectivity index (χ1v) is 8.44. The molecule has 0 unspecified atom stereocenters. The molecule has 24 heavy (non-hydrogen) atoms. The largest absolute Gasteiger partial charge is 0.352 e. The summed E-state index contributed by atoms with van der Waals surface area (Å²) < 4.78 is 0. The Kier molecular flexibility index (Phi) is 8.79. The van der Waals surface area contributed by atoms with Crippen molar-refractivity contribution >= 4 is 29.9 Å². The first kappa shape index (κ1) is 20.5. The molecular formula is C18H28ClN3O2. The van der Waals surface area contributed by atoms with Gasteiger partial charge in [-0.25, -0.2) is 0 Å². The maximum atomic E-state index is 12.3. The molecule has 1 aliphatic rings. The Morgan fingerprint density at radius 1 is 1.21 bits per heavy atom. The highest BCUT2D eigenvalue weighted by Crippen LogP contribution is 2.19. The number of carbonyl (C=O) groups is 2. The summed E-state index contributed by atoms with van der Waals surface area (Å²) in [6.45, 7) is 6.68. The molecule has 1 aromatic rings. The molecule has 0 saturated carbocycles. The van der Waals surface area contributed by atoms with Gasteiger partial charge in [0.25, 0.3) is 5.91 Å². The van der Waals surface area contributed by atoms with E-state index < -0.39 is 0 Å². The number of nitrogens with one attached hydrogen (secondary N) is 3. The number of halogens is 1.